The van der Waals surface area contributed by atoms with Crippen molar-refractivity contribution in [3.63, 3.8) is 0 Å². The lowest BCUT2D eigenvalue weighted by Crippen LogP contribution is -2.25. The van der Waals surface area contributed by atoms with Crippen molar-refractivity contribution in [3.8, 4) is 0 Å². The van der Waals surface area contributed by atoms with Gasteiger partial charge in [-0.3, -0.25) is 4.79 Å². The molecule has 0 aromatic heterocycles. The highest BCUT2D eigenvalue weighted by Crippen LogP contribution is 2.09. The quantitative estimate of drug-likeness (QED) is 0.600. The van der Waals surface area contributed by atoms with Crippen molar-refractivity contribution in [3.05, 3.63) is 48.1 Å². The second-order valence-corrected chi connectivity index (χ2v) is 2.96. The number of benzene rings is 1. The topological polar surface area (TPSA) is 29.1 Å². The van der Waals surface area contributed by atoms with Gasteiger partial charge in [-0.15, -0.1) is 6.58 Å². The molecule has 0 saturated heterocycles. The van der Waals surface area contributed by atoms with Crippen LogP contribution in [0, 0.1) is 11.6 Å². The number of amides is 1. The van der Waals surface area contributed by atoms with Crippen LogP contribution in [0.1, 0.15) is 16.8 Å². The van der Waals surface area contributed by atoms with Crippen LogP contribution in [0.25, 0.3) is 0 Å². The van der Waals surface area contributed by atoms with Gasteiger partial charge in [-0.1, -0.05) is 6.08 Å². The summed E-state index contributed by atoms with van der Waals surface area (Å²) in [6.45, 7) is 3.87. The lowest BCUT2D eigenvalue weighted by molar-refractivity contribution is 0.0950. The van der Waals surface area contributed by atoms with Gasteiger partial charge in [0, 0.05) is 12.6 Å². The number of hydrogen-bond donors (Lipinski definition) is 1. The Morgan fingerprint density at radius 3 is 2.80 bits per heavy atom. The van der Waals surface area contributed by atoms with Crippen LogP contribution in [0.4, 0.5) is 8.78 Å². The maximum atomic E-state index is 13.1. The average molecular weight is 211 g/mol. The van der Waals surface area contributed by atoms with Gasteiger partial charge in [0.05, 0.1) is 5.56 Å². The molecule has 0 unspecified atom stereocenters. The van der Waals surface area contributed by atoms with Crippen LogP contribution in [0.15, 0.2) is 30.9 Å². The molecular formula is C11H11F2NO. The Hall–Kier alpha value is -1.71. The molecule has 0 bridgehead atoms. The molecule has 0 aliphatic carbocycles. The van der Waals surface area contributed by atoms with E-state index < -0.39 is 17.5 Å². The molecule has 0 heterocycles. The minimum Gasteiger partial charge on any atom is -0.352 e. The van der Waals surface area contributed by atoms with E-state index in [2.05, 4.69) is 11.9 Å². The van der Waals surface area contributed by atoms with Crippen molar-refractivity contribution < 1.29 is 13.6 Å². The monoisotopic (exact) mass is 211 g/mol. The summed E-state index contributed by atoms with van der Waals surface area (Å²) < 4.78 is 25.6. The SMILES string of the molecule is C=CCCNC(=O)c1ccc(F)cc1F. The van der Waals surface area contributed by atoms with Gasteiger partial charge in [-0.25, -0.2) is 8.78 Å². The molecular weight excluding hydrogens is 200 g/mol. The first kappa shape index (κ1) is 11.4. The van der Waals surface area contributed by atoms with Crippen LogP contribution in [-0.4, -0.2) is 12.5 Å². The molecule has 1 aromatic carbocycles. The Labute approximate surface area is 86.6 Å². The van der Waals surface area contributed by atoms with Crippen LogP contribution in [0.3, 0.4) is 0 Å². The van der Waals surface area contributed by atoms with Crippen molar-refractivity contribution in [1.82, 2.24) is 5.32 Å². The number of hydrogen-bond acceptors (Lipinski definition) is 1. The normalized spacial score (nSPS) is 9.73. The van der Waals surface area contributed by atoms with Crippen LogP contribution < -0.4 is 5.32 Å². The van der Waals surface area contributed by atoms with Gasteiger partial charge in [0.15, 0.2) is 0 Å². The molecule has 0 fully saturated rings. The highest BCUT2D eigenvalue weighted by Gasteiger charge is 2.11. The van der Waals surface area contributed by atoms with Gasteiger partial charge in [-0.05, 0) is 18.6 Å². The van der Waals surface area contributed by atoms with Gasteiger partial charge in [0.1, 0.15) is 11.6 Å². The van der Waals surface area contributed by atoms with Gasteiger partial charge >= 0.3 is 0 Å². The first-order chi connectivity index (χ1) is 7.15. The molecule has 1 N–H and O–H groups in total. The van der Waals surface area contributed by atoms with E-state index in [0.717, 1.165) is 12.1 Å². The van der Waals surface area contributed by atoms with E-state index in [0.29, 0.717) is 19.0 Å². The van der Waals surface area contributed by atoms with E-state index in [1.54, 1.807) is 6.08 Å². The number of carbonyl (C=O) groups excluding carboxylic acids is 1. The summed E-state index contributed by atoms with van der Waals surface area (Å²) in [6, 6.07) is 2.85. The van der Waals surface area contributed by atoms with Gasteiger partial charge < -0.3 is 5.32 Å². The molecule has 0 aliphatic rings. The minimum absolute atomic E-state index is 0.152. The highest BCUT2D eigenvalue weighted by molar-refractivity contribution is 5.94. The Balaban J connectivity index is 2.69. The van der Waals surface area contributed by atoms with E-state index in [-0.39, 0.29) is 5.56 Å². The number of nitrogens with one attached hydrogen (secondary N) is 1. The first-order valence-electron chi connectivity index (χ1n) is 4.49. The van der Waals surface area contributed by atoms with Crippen LogP contribution in [0.5, 0.6) is 0 Å². The smallest absolute Gasteiger partial charge is 0.254 e. The standard InChI is InChI=1S/C11H11F2NO/c1-2-3-6-14-11(15)9-5-4-8(12)7-10(9)13/h2,4-5,7H,1,3,6H2,(H,14,15). The molecule has 1 rings (SSSR count). The third-order valence-corrected chi connectivity index (χ3v) is 1.81. The summed E-state index contributed by atoms with van der Waals surface area (Å²) >= 11 is 0. The van der Waals surface area contributed by atoms with E-state index in [4.69, 9.17) is 0 Å². The molecule has 80 valence electrons. The molecule has 2 nitrogen and oxygen atoms in total. The van der Waals surface area contributed by atoms with Crippen molar-refractivity contribution in [2.75, 3.05) is 6.54 Å². The lowest BCUT2D eigenvalue weighted by atomic mass is 10.2. The molecule has 1 amide bonds. The molecule has 0 radical (unpaired) electrons. The van der Waals surface area contributed by atoms with Gasteiger partial charge in [-0.2, -0.15) is 0 Å². The predicted molar refractivity (Wildman–Crippen MR) is 53.5 cm³/mol. The Kier molecular flexibility index (Phi) is 3.97. The fourth-order valence-electron chi connectivity index (χ4n) is 1.06. The number of carbonyl (C=O) groups is 1. The Bertz CT molecular complexity index is 377. The Morgan fingerprint density at radius 1 is 1.47 bits per heavy atom. The molecule has 0 spiro atoms. The largest absolute Gasteiger partial charge is 0.352 e. The second-order valence-electron chi connectivity index (χ2n) is 2.96. The molecule has 0 saturated carbocycles. The van der Waals surface area contributed by atoms with Crippen molar-refractivity contribution in [1.29, 1.82) is 0 Å². The maximum Gasteiger partial charge on any atom is 0.254 e. The molecule has 0 aliphatic heterocycles. The summed E-state index contributed by atoms with van der Waals surface area (Å²) in [5.41, 5.74) is -0.152. The number of halogens is 2. The maximum absolute atomic E-state index is 13.1. The summed E-state index contributed by atoms with van der Waals surface area (Å²) in [4.78, 5) is 11.3. The fraction of sp³-hybridized carbons (Fsp3) is 0.182. The summed E-state index contributed by atoms with van der Waals surface area (Å²) in [7, 11) is 0. The highest BCUT2D eigenvalue weighted by atomic mass is 19.1. The van der Waals surface area contributed by atoms with Crippen molar-refractivity contribution >= 4 is 5.91 Å². The zero-order valence-corrected chi connectivity index (χ0v) is 8.09. The van der Waals surface area contributed by atoms with Crippen molar-refractivity contribution in [2.24, 2.45) is 0 Å². The third-order valence-electron chi connectivity index (χ3n) is 1.81. The molecule has 0 atom stereocenters. The van der Waals surface area contributed by atoms with Crippen LogP contribution in [-0.2, 0) is 0 Å². The van der Waals surface area contributed by atoms with Gasteiger partial charge in [0.25, 0.3) is 5.91 Å². The second kappa shape index (κ2) is 5.24. The number of rotatable bonds is 4. The van der Waals surface area contributed by atoms with Gasteiger partial charge in [0.2, 0.25) is 0 Å². The molecule has 4 heteroatoms. The zero-order valence-electron chi connectivity index (χ0n) is 8.09. The summed E-state index contributed by atoms with van der Waals surface area (Å²) in [6.07, 6.45) is 2.25. The van der Waals surface area contributed by atoms with E-state index in [9.17, 15) is 13.6 Å². The van der Waals surface area contributed by atoms with E-state index >= 15 is 0 Å². The summed E-state index contributed by atoms with van der Waals surface area (Å²) in [5.74, 6) is -2.10. The molecule has 1 aromatic rings. The van der Waals surface area contributed by atoms with E-state index in [1.807, 2.05) is 0 Å². The third kappa shape index (κ3) is 3.16. The van der Waals surface area contributed by atoms with Crippen LogP contribution in [0.2, 0.25) is 0 Å². The van der Waals surface area contributed by atoms with Crippen LogP contribution >= 0.6 is 0 Å². The van der Waals surface area contributed by atoms with E-state index in [1.165, 1.54) is 0 Å². The predicted octanol–water partition coefficient (Wildman–Crippen LogP) is 2.27. The lowest BCUT2D eigenvalue weighted by Gasteiger charge is -2.04. The minimum atomic E-state index is -0.855. The molecule has 15 heavy (non-hydrogen) atoms. The first-order valence-corrected chi connectivity index (χ1v) is 4.49. The fourth-order valence-corrected chi connectivity index (χ4v) is 1.06. The Morgan fingerprint density at radius 2 is 2.20 bits per heavy atom. The van der Waals surface area contributed by atoms with Crippen molar-refractivity contribution in [2.45, 2.75) is 6.42 Å². The average Bonchev–Trinajstić information content (AvgIpc) is 2.17. The zero-order chi connectivity index (χ0) is 11.3. The summed E-state index contributed by atoms with van der Waals surface area (Å²) in [5, 5.41) is 2.49.